The first kappa shape index (κ1) is 13.9. The molecule has 2 unspecified atom stereocenters. The van der Waals surface area contributed by atoms with E-state index in [1.54, 1.807) is 18.7 Å². The second kappa shape index (κ2) is 5.00. The van der Waals surface area contributed by atoms with Crippen molar-refractivity contribution in [2.24, 2.45) is 11.1 Å². The highest BCUT2D eigenvalue weighted by atomic mass is 32.1. The lowest BCUT2D eigenvalue weighted by molar-refractivity contribution is -0.147. The molecule has 6 heteroatoms. The van der Waals surface area contributed by atoms with Crippen molar-refractivity contribution in [3.05, 3.63) is 0 Å². The first-order valence-corrected chi connectivity index (χ1v) is 6.14. The van der Waals surface area contributed by atoms with Gasteiger partial charge >= 0.3 is 0 Å². The van der Waals surface area contributed by atoms with Crippen LogP contribution in [0.2, 0.25) is 0 Å². The van der Waals surface area contributed by atoms with Gasteiger partial charge in [0.1, 0.15) is 6.04 Å². The van der Waals surface area contributed by atoms with Crippen LogP contribution in [0.4, 0.5) is 0 Å². The number of rotatable bonds is 3. The number of thiocarbonyl (C=S) groups is 1. The van der Waals surface area contributed by atoms with Crippen LogP contribution in [0.5, 0.6) is 0 Å². The predicted molar refractivity (Wildman–Crippen MR) is 69.4 cm³/mol. The summed E-state index contributed by atoms with van der Waals surface area (Å²) < 4.78 is 0. The Morgan fingerprint density at radius 3 is 2.76 bits per heavy atom. The molecule has 0 aliphatic carbocycles. The van der Waals surface area contributed by atoms with Crippen molar-refractivity contribution >= 4 is 29.0 Å². The molecule has 0 spiro atoms. The molecule has 17 heavy (non-hydrogen) atoms. The highest BCUT2D eigenvalue weighted by Crippen LogP contribution is 2.26. The molecule has 0 bridgehead atoms. The van der Waals surface area contributed by atoms with Crippen LogP contribution >= 0.6 is 12.2 Å². The average molecular weight is 257 g/mol. The lowest BCUT2D eigenvalue weighted by atomic mass is 9.85. The van der Waals surface area contributed by atoms with Gasteiger partial charge in [0.15, 0.2) is 0 Å². The molecule has 2 amide bonds. The summed E-state index contributed by atoms with van der Waals surface area (Å²) in [4.78, 5) is 25.7. The van der Waals surface area contributed by atoms with Crippen molar-refractivity contribution in [1.29, 1.82) is 0 Å². The van der Waals surface area contributed by atoms with Gasteiger partial charge in [-0.05, 0) is 20.3 Å². The topological polar surface area (TPSA) is 75.4 Å². The molecule has 0 radical (unpaired) electrons. The molecule has 0 aromatic carbocycles. The van der Waals surface area contributed by atoms with Crippen LogP contribution in [0.25, 0.3) is 0 Å². The van der Waals surface area contributed by atoms with Gasteiger partial charge in [-0.25, -0.2) is 0 Å². The maximum Gasteiger partial charge on any atom is 0.242 e. The van der Waals surface area contributed by atoms with Crippen LogP contribution in [-0.2, 0) is 9.59 Å². The number of nitrogens with zero attached hydrogens (tertiary/aromatic N) is 1. The van der Waals surface area contributed by atoms with Gasteiger partial charge in [0.05, 0.1) is 10.4 Å². The Labute approximate surface area is 107 Å². The second-order valence-electron chi connectivity index (χ2n) is 4.52. The summed E-state index contributed by atoms with van der Waals surface area (Å²) in [5.41, 5.74) is 4.79. The third-order valence-corrected chi connectivity index (χ3v) is 3.93. The molecule has 1 fully saturated rings. The number of carbonyl (C=O) groups excluding carboxylic acids is 2. The Kier molecular flexibility index (Phi) is 4.08. The van der Waals surface area contributed by atoms with Crippen LogP contribution in [0.15, 0.2) is 0 Å². The maximum absolute atomic E-state index is 12.4. The normalized spacial score (nSPS) is 23.8. The van der Waals surface area contributed by atoms with Crippen LogP contribution in [0, 0.1) is 5.41 Å². The number of nitrogens with one attached hydrogen (secondary N) is 1. The molecule has 5 nitrogen and oxygen atoms in total. The zero-order chi connectivity index (χ0) is 13.2. The van der Waals surface area contributed by atoms with Crippen molar-refractivity contribution in [2.45, 2.75) is 33.2 Å². The molecule has 0 aromatic rings. The van der Waals surface area contributed by atoms with Crippen molar-refractivity contribution in [3.63, 3.8) is 0 Å². The van der Waals surface area contributed by atoms with Gasteiger partial charge in [-0.3, -0.25) is 9.59 Å². The first-order valence-electron chi connectivity index (χ1n) is 5.73. The second-order valence-corrected chi connectivity index (χ2v) is 4.96. The standard InChI is InChI=1S/C11H19N3O2S/c1-4-11(3,9(12)17)10(16)14-6-5-13-8(15)7(14)2/h7H,4-6H2,1-3H3,(H2,12,17)(H,13,15). The largest absolute Gasteiger partial charge is 0.392 e. The number of hydrogen-bond donors (Lipinski definition) is 2. The fourth-order valence-corrected chi connectivity index (χ4v) is 2.04. The molecule has 1 saturated heterocycles. The number of hydrogen-bond acceptors (Lipinski definition) is 3. The molecule has 0 aromatic heterocycles. The lowest BCUT2D eigenvalue weighted by Crippen LogP contribution is -2.60. The van der Waals surface area contributed by atoms with E-state index in [-0.39, 0.29) is 16.8 Å². The van der Waals surface area contributed by atoms with E-state index in [1.807, 2.05) is 6.92 Å². The Hall–Kier alpha value is -1.17. The predicted octanol–water partition coefficient (Wildman–Crippen LogP) is 0.0357. The molecular formula is C11H19N3O2S. The SMILES string of the molecule is CCC(C)(C(=O)N1CCNC(=O)C1C)C(N)=S. The highest BCUT2D eigenvalue weighted by Gasteiger charge is 2.41. The quantitative estimate of drug-likeness (QED) is 0.700. The average Bonchev–Trinajstić information content (AvgIpc) is 2.30. The zero-order valence-electron chi connectivity index (χ0n) is 10.4. The smallest absolute Gasteiger partial charge is 0.242 e. The van der Waals surface area contributed by atoms with Crippen molar-refractivity contribution in [1.82, 2.24) is 10.2 Å². The number of carbonyl (C=O) groups is 2. The zero-order valence-corrected chi connectivity index (χ0v) is 11.3. The summed E-state index contributed by atoms with van der Waals surface area (Å²) in [7, 11) is 0. The van der Waals surface area contributed by atoms with Gasteiger partial charge in [0.2, 0.25) is 11.8 Å². The summed E-state index contributed by atoms with van der Waals surface area (Å²) in [5, 5.41) is 2.72. The maximum atomic E-state index is 12.4. The molecule has 0 saturated carbocycles. The van der Waals surface area contributed by atoms with Crippen molar-refractivity contribution in [3.8, 4) is 0 Å². The highest BCUT2D eigenvalue weighted by molar-refractivity contribution is 7.80. The molecule has 1 heterocycles. The molecule has 96 valence electrons. The molecule has 2 atom stereocenters. The fourth-order valence-electron chi connectivity index (χ4n) is 1.81. The lowest BCUT2D eigenvalue weighted by Gasteiger charge is -2.38. The molecular weight excluding hydrogens is 238 g/mol. The van der Waals surface area contributed by atoms with E-state index in [9.17, 15) is 9.59 Å². The molecule has 1 rings (SSSR count). The summed E-state index contributed by atoms with van der Waals surface area (Å²) in [6.45, 7) is 6.29. The Bertz CT molecular complexity index is 359. The monoisotopic (exact) mass is 257 g/mol. The van der Waals surface area contributed by atoms with E-state index < -0.39 is 11.5 Å². The van der Waals surface area contributed by atoms with Gasteiger partial charge in [0, 0.05) is 13.1 Å². The minimum Gasteiger partial charge on any atom is -0.392 e. The molecule has 3 N–H and O–H groups in total. The van der Waals surface area contributed by atoms with Gasteiger partial charge in [-0.15, -0.1) is 0 Å². The van der Waals surface area contributed by atoms with E-state index in [2.05, 4.69) is 5.32 Å². The Morgan fingerprint density at radius 1 is 1.71 bits per heavy atom. The van der Waals surface area contributed by atoms with E-state index >= 15 is 0 Å². The fraction of sp³-hybridized carbons (Fsp3) is 0.727. The summed E-state index contributed by atoms with van der Waals surface area (Å²) in [5.74, 6) is -0.291. The summed E-state index contributed by atoms with van der Waals surface area (Å²) >= 11 is 4.97. The van der Waals surface area contributed by atoms with Crippen LogP contribution in [0.3, 0.4) is 0 Å². The first-order chi connectivity index (χ1) is 7.84. The number of nitrogens with two attached hydrogens (primary N) is 1. The van der Waals surface area contributed by atoms with Gasteiger partial charge in [-0.1, -0.05) is 19.1 Å². The van der Waals surface area contributed by atoms with Gasteiger partial charge < -0.3 is 16.0 Å². The van der Waals surface area contributed by atoms with Crippen LogP contribution < -0.4 is 11.1 Å². The Morgan fingerprint density at radius 2 is 2.29 bits per heavy atom. The third-order valence-electron chi connectivity index (χ3n) is 3.48. The minimum absolute atomic E-state index is 0.133. The van der Waals surface area contributed by atoms with Crippen LogP contribution in [-0.4, -0.2) is 40.8 Å². The van der Waals surface area contributed by atoms with Gasteiger partial charge in [0.25, 0.3) is 0 Å². The number of amides is 2. The van der Waals surface area contributed by atoms with E-state index in [0.717, 1.165) is 0 Å². The van der Waals surface area contributed by atoms with Crippen molar-refractivity contribution < 1.29 is 9.59 Å². The third kappa shape index (κ3) is 2.41. The summed E-state index contributed by atoms with van der Waals surface area (Å²) in [6.07, 6.45) is 0.534. The van der Waals surface area contributed by atoms with E-state index in [1.165, 1.54) is 0 Å². The van der Waals surface area contributed by atoms with Crippen LogP contribution in [0.1, 0.15) is 27.2 Å². The minimum atomic E-state index is -0.860. The van der Waals surface area contributed by atoms with E-state index in [4.69, 9.17) is 18.0 Å². The summed E-state index contributed by atoms with van der Waals surface area (Å²) in [6, 6.07) is -0.462. The van der Waals surface area contributed by atoms with E-state index in [0.29, 0.717) is 19.5 Å². The van der Waals surface area contributed by atoms with Gasteiger partial charge in [-0.2, -0.15) is 0 Å². The molecule has 1 aliphatic rings. The number of piperazine rings is 1. The Balaban J connectivity index is 2.95. The molecule has 1 aliphatic heterocycles. The van der Waals surface area contributed by atoms with Crippen molar-refractivity contribution in [2.75, 3.05) is 13.1 Å².